The lowest BCUT2D eigenvalue weighted by molar-refractivity contribution is 0.338. The summed E-state index contributed by atoms with van der Waals surface area (Å²) in [7, 11) is -7.24. The normalized spacial score (nSPS) is 21.8. The molecule has 1 heterocycles. The Morgan fingerprint density at radius 3 is 2.52 bits per heavy atom. The topological polar surface area (TPSA) is 71.5 Å². The molecule has 1 saturated heterocycles. The molecule has 1 atom stereocenters. The molecule has 8 heteroatoms. The van der Waals surface area contributed by atoms with Crippen molar-refractivity contribution < 1.29 is 21.2 Å². The third kappa shape index (κ3) is 3.44. The SMILES string of the molecule is CCCN(C1CCS(=O)(=O)C1)S(=O)(=O)c1ccccc1F. The first-order valence-corrected chi connectivity index (χ1v) is 10.0. The van der Waals surface area contributed by atoms with E-state index in [9.17, 15) is 21.2 Å². The van der Waals surface area contributed by atoms with E-state index in [0.717, 1.165) is 10.4 Å². The van der Waals surface area contributed by atoms with Gasteiger partial charge in [0.05, 0.1) is 11.5 Å². The second-order valence-corrected chi connectivity index (χ2v) is 9.19. The molecule has 0 aromatic heterocycles. The van der Waals surface area contributed by atoms with E-state index in [-0.39, 0.29) is 24.5 Å². The zero-order chi connectivity index (χ0) is 15.7. The Bertz CT molecular complexity index is 715. The minimum atomic E-state index is -4.03. The van der Waals surface area contributed by atoms with E-state index in [1.165, 1.54) is 18.2 Å². The smallest absolute Gasteiger partial charge is 0.229 e. The Kier molecular flexibility index (Phi) is 4.69. The van der Waals surface area contributed by atoms with E-state index in [2.05, 4.69) is 0 Å². The Morgan fingerprint density at radius 2 is 2.00 bits per heavy atom. The molecular weight excluding hydrogens is 317 g/mol. The van der Waals surface area contributed by atoms with E-state index < -0.39 is 36.6 Å². The summed E-state index contributed by atoms with van der Waals surface area (Å²) in [4.78, 5) is -0.400. The Morgan fingerprint density at radius 1 is 1.33 bits per heavy atom. The zero-order valence-electron chi connectivity index (χ0n) is 11.7. The molecule has 0 radical (unpaired) electrons. The molecule has 0 amide bonds. The van der Waals surface area contributed by atoms with Crippen molar-refractivity contribution >= 4 is 19.9 Å². The van der Waals surface area contributed by atoms with Crippen molar-refractivity contribution in [2.24, 2.45) is 0 Å². The van der Waals surface area contributed by atoms with Crippen LogP contribution in [0.3, 0.4) is 0 Å². The number of rotatable bonds is 5. The predicted molar refractivity (Wildman–Crippen MR) is 77.6 cm³/mol. The molecule has 21 heavy (non-hydrogen) atoms. The summed E-state index contributed by atoms with van der Waals surface area (Å²) in [6, 6.07) is 4.54. The number of sulfonamides is 1. The number of nitrogens with zero attached hydrogens (tertiary/aromatic N) is 1. The molecule has 1 aromatic carbocycles. The van der Waals surface area contributed by atoms with E-state index in [1.54, 1.807) is 6.92 Å². The first-order chi connectivity index (χ1) is 9.78. The van der Waals surface area contributed by atoms with Crippen molar-refractivity contribution in [1.29, 1.82) is 0 Å². The largest absolute Gasteiger partial charge is 0.246 e. The highest BCUT2D eigenvalue weighted by molar-refractivity contribution is 7.92. The maximum Gasteiger partial charge on any atom is 0.246 e. The quantitative estimate of drug-likeness (QED) is 0.816. The molecule has 118 valence electrons. The summed E-state index contributed by atoms with van der Waals surface area (Å²) in [6.45, 7) is 1.98. The van der Waals surface area contributed by atoms with E-state index in [4.69, 9.17) is 0 Å². The summed E-state index contributed by atoms with van der Waals surface area (Å²) in [6.07, 6.45) is 0.792. The summed E-state index contributed by atoms with van der Waals surface area (Å²) in [5.74, 6) is -1.04. The Balaban J connectivity index is 2.40. The molecule has 0 saturated carbocycles. The highest BCUT2D eigenvalue weighted by atomic mass is 32.2. The molecule has 5 nitrogen and oxygen atoms in total. The number of benzene rings is 1. The van der Waals surface area contributed by atoms with Crippen LogP contribution in [0.25, 0.3) is 0 Å². The maximum atomic E-state index is 13.8. The average Bonchev–Trinajstić information content (AvgIpc) is 2.76. The van der Waals surface area contributed by atoms with Gasteiger partial charge in [-0.25, -0.2) is 21.2 Å². The van der Waals surface area contributed by atoms with Crippen molar-refractivity contribution in [3.8, 4) is 0 Å². The minimum Gasteiger partial charge on any atom is -0.229 e. The van der Waals surface area contributed by atoms with Crippen LogP contribution in [0.5, 0.6) is 0 Å². The summed E-state index contributed by atoms with van der Waals surface area (Å²) in [5.41, 5.74) is 0. The van der Waals surface area contributed by atoms with Crippen LogP contribution in [0.15, 0.2) is 29.2 Å². The molecule has 0 aliphatic carbocycles. The van der Waals surface area contributed by atoms with Crippen LogP contribution in [0.1, 0.15) is 19.8 Å². The fourth-order valence-corrected chi connectivity index (χ4v) is 6.14. The van der Waals surface area contributed by atoms with E-state index in [1.807, 2.05) is 0 Å². The van der Waals surface area contributed by atoms with Crippen LogP contribution >= 0.6 is 0 Å². The molecule has 0 spiro atoms. The lowest BCUT2D eigenvalue weighted by Crippen LogP contribution is -2.41. The average molecular weight is 335 g/mol. The number of halogens is 1. The van der Waals surface area contributed by atoms with E-state index >= 15 is 0 Å². The highest BCUT2D eigenvalue weighted by Crippen LogP contribution is 2.26. The Hall–Kier alpha value is -0.990. The molecule has 1 unspecified atom stereocenters. The zero-order valence-corrected chi connectivity index (χ0v) is 13.3. The van der Waals surface area contributed by atoms with Crippen molar-refractivity contribution in [2.45, 2.75) is 30.7 Å². The van der Waals surface area contributed by atoms with E-state index in [0.29, 0.717) is 6.42 Å². The second kappa shape index (κ2) is 6.02. The van der Waals surface area contributed by atoms with Crippen molar-refractivity contribution in [2.75, 3.05) is 18.1 Å². The number of sulfone groups is 1. The van der Waals surface area contributed by atoms with Gasteiger partial charge in [0.15, 0.2) is 9.84 Å². The van der Waals surface area contributed by atoms with Gasteiger partial charge in [-0.05, 0) is 25.0 Å². The van der Waals surface area contributed by atoms with Crippen LogP contribution < -0.4 is 0 Å². The molecule has 1 aliphatic rings. The van der Waals surface area contributed by atoms with Gasteiger partial charge in [-0.2, -0.15) is 4.31 Å². The summed E-state index contributed by atoms with van der Waals surface area (Å²) >= 11 is 0. The fourth-order valence-electron chi connectivity index (χ4n) is 2.50. The van der Waals surface area contributed by atoms with Gasteiger partial charge in [0, 0.05) is 12.6 Å². The first kappa shape index (κ1) is 16.4. The van der Waals surface area contributed by atoms with Gasteiger partial charge in [-0.3, -0.25) is 0 Å². The maximum absolute atomic E-state index is 13.8. The molecule has 1 aliphatic heterocycles. The third-order valence-electron chi connectivity index (χ3n) is 3.48. The van der Waals surface area contributed by atoms with Crippen LogP contribution in [0.2, 0.25) is 0 Å². The molecule has 2 rings (SSSR count). The minimum absolute atomic E-state index is 0.0231. The van der Waals surface area contributed by atoms with Gasteiger partial charge >= 0.3 is 0 Å². The predicted octanol–water partition coefficient (Wildman–Crippen LogP) is 1.41. The lowest BCUT2D eigenvalue weighted by Gasteiger charge is -2.27. The summed E-state index contributed by atoms with van der Waals surface area (Å²) < 4.78 is 63.4. The standard InChI is InChI=1S/C13H18FNO4S2/c1-2-8-15(11-7-9-20(16,17)10-11)21(18,19)13-6-4-3-5-12(13)14/h3-6,11H,2,7-10H2,1H3. The van der Waals surface area contributed by atoms with Gasteiger partial charge in [0.1, 0.15) is 10.7 Å². The van der Waals surface area contributed by atoms with Crippen LogP contribution in [0, 0.1) is 5.82 Å². The second-order valence-electron chi connectivity index (χ2n) is 5.10. The van der Waals surface area contributed by atoms with Crippen molar-refractivity contribution in [1.82, 2.24) is 4.31 Å². The summed E-state index contributed by atoms with van der Waals surface area (Å²) in [5, 5.41) is 0. The van der Waals surface area contributed by atoms with Crippen molar-refractivity contribution in [3.63, 3.8) is 0 Å². The van der Waals surface area contributed by atoms with Gasteiger partial charge < -0.3 is 0 Å². The third-order valence-corrected chi connectivity index (χ3v) is 7.22. The van der Waals surface area contributed by atoms with Gasteiger partial charge in [0.2, 0.25) is 10.0 Å². The molecule has 0 N–H and O–H groups in total. The molecule has 1 fully saturated rings. The highest BCUT2D eigenvalue weighted by Gasteiger charge is 2.39. The van der Waals surface area contributed by atoms with Gasteiger partial charge in [-0.15, -0.1) is 0 Å². The monoisotopic (exact) mass is 335 g/mol. The van der Waals surface area contributed by atoms with Gasteiger partial charge in [-0.1, -0.05) is 19.1 Å². The fraction of sp³-hybridized carbons (Fsp3) is 0.538. The molecular formula is C13H18FNO4S2. The van der Waals surface area contributed by atoms with Crippen molar-refractivity contribution in [3.05, 3.63) is 30.1 Å². The van der Waals surface area contributed by atoms with Crippen LogP contribution in [0.4, 0.5) is 4.39 Å². The van der Waals surface area contributed by atoms with Crippen LogP contribution in [-0.2, 0) is 19.9 Å². The molecule has 1 aromatic rings. The number of hydrogen-bond acceptors (Lipinski definition) is 4. The lowest BCUT2D eigenvalue weighted by atomic mass is 10.2. The number of hydrogen-bond donors (Lipinski definition) is 0. The van der Waals surface area contributed by atoms with Gasteiger partial charge in [0.25, 0.3) is 0 Å². The van der Waals surface area contributed by atoms with Crippen LogP contribution in [-0.4, -0.2) is 45.2 Å². The molecule has 0 bridgehead atoms. The first-order valence-electron chi connectivity index (χ1n) is 6.75. The Labute approximate surface area is 124 Å².